The second-order valence-corrected chi connectivity index (χ2v) is 27.5. The highest BCUT2D eigenvalue weighted by atomic mass is 16.4. The molecule has 16 rings (SSSR count). The number of hydrogen-bond acceptors (Lipinski definition) is 20. The van der Waals surface area contributed by atoms with E-state index in [0.29, 0.717) is 108 Å². The number of hydrogen-bond donors (Lipinski definition) is 8. The Morgan fingerprint density at radius 3 is 1.01 bits per heavy atom. The van der Waals surface area contributed by atoms with Gasteiger partial charge < -0.3 is 59.0 Å². The Bertz CT molecular complexity index is 4850. The zero-order chi connectivity index (χ0) is 76.9. The van der Waals surface area contributed by atoms with Gasteiger partial charge >= 0.3 is 6.03 Å². The van der Waals surface area contributed by atoms with Crippen molar-refractivity contribution in [2.75, 3.05) is 68.3 Å². The SMILES string of the molecule is CC(C)(C)C(=O)N1CC(n2cc(NC(=O)c3ccc(-c4cn[nH]c4)o3)c(-c3ccccn3)n2)C1.CC(C)(C)C(=O)N1CC(n2cc(NC(=O)c3ccc(-c4cn[nH]c4)o3)c(-c3ccccn3)n2)C1.O=C(Nc1cn(C2CN(C(=O)N3CCCC3)C2)nc1-c1ccccn1)c1ccc(-c2cn[nH]c2)o1.O=CO.O=CO. The molecule has 4 saturated heterocycles. The molecular formula is C74H78N22O13. The number of H-pyrrole nitrogens is 3. The van der Waals surface area contributed by atoms with Crippen molar-refractivity contribution in [3.63, 3.8) is 0 Å². The fourth-order valence-electron chi connectivity index (χ4n) is 12.1. The number of anilines is 3. The molecule has 4 aliphatic rings. The number of amides is 7. The van der Waals surface area contributed by atoms with Gasteiger partial charge in [-0.2, -0.15) is 30.6 Å². The minimum atomic E-state index is -0.425. The smallest absolute Gasteiger partial charge is 0.320 e. The second kappa shape index (κ2) is 33.1. The van der Waals surface area contributed by atoms with Crippen LogP contribution in [0.1, 0.15) is 104 Å². The molecule has 16 heterocycles. The molecule has 0 bridgehead atoms. The Morgan fingerprint density at radius 1 is 0.440 bits per heavy atom. The number of carbonyl (C=O) groups is 8. The molecule has 4 fully saturated rings. The van der Waals surface area contributed by atoms with Gasteiger partial charge in [0, 0.05) is 119 Å². The lowest BCUT2D eigenvalue weighted by molar-refractivity contribution is -0.146. The molecule has 7 amide bonds. The fraction of sp³-hybridized carbons (Fsp3) is 0.284. The van der Waals surface area contributed by atoms with Crippen molar-refractivity contribution in [3.05, 3.63) is 183 Å². The van der Waals surface area contributed by atoms with Crippen molar-refractivity contribution in [1.82, 2.24) is 94.5 Å². The molecule has 0 unspecified atom stereocenters. The molecule has 8 N–H and O–H groups in total. The Hall–Kier alpha value is -13.9. The van der Waals surface area contributed by atoms with Gasteiger partial charge in [-0.05, 0) is 85.6 Å². The van der Waals surface area contributed by atoms with Crippen LogP contribution in [0.25, 0.3) is 68.1 Å². The minimum absolute atomic E-state index is 0.0238. The van der Waals surface area contributed by atoms with Crippen molar-refractivity contribution in [2.24, 2.45) is 10.8 Å². The quantitative estimate of drug-likeness (QED) is 0.0442. The molecule has 0 saturated carbocycles. The minimum Gasteiger partial charge on any atom is -0.483 e. The van der Waals surface area contributed by atoms with Crippen LogP contribution in [0.5, 0.6) is 0 Å². The third-order valence-electron chi connectivity index (χ3n) is 17.7. The lowest BCUT2D eigenvalue weighted by Gasteiger charge is -2.42. The summed E-state index contributed by atoms with van der Waals surface area (Å²) in [6.07, 6.45) is 22.5. The Morgan fingerprint density at radius 2 is 0.743 bits per heavy atom. The highest BCUT2D eigenvalue weighted by Gasteiger charge is 2.41. The summed E-state index contributed by atoms with van der Waals surface area (Å²) in [4.78, 5) is 114. The molecule has 0 spiro atoms. The maximum Gasteiger partial charge on any atom is 0.320 e. The van der Waals surface area contributed by atoms with E-state index in [9.17, 15) is 28.8 Å². The maximum atomic E-state index is 13.0. The van der Waals surface area contributed by atoms with Crippen LogP contribution in [0.15, 0.2) is 179 Å². The van der Waals surface area contributed by atoms with E-state index in [1.807, 2.05) is 120 Å². The summed E-state index contributed by atoms with van der Waals surface area (Å²) < 4.78 is 22.5. The summed E-state index contributed by atoms with van der Waals surface area (Å²) in [6.45, 7) is 16.1. The Kier molecular flexibility index (Phi) is 22.7. The summed E-state index contributed by atoms with van der Waals surface area (Å²) in [6, 6.07) is 26.8. The topological polar surface area (TPSA) is 444 Å². The number of nitrogens with zero attached hydrogens (tertiary/aromatic N) is 16. The van der Waals surface area contributed by atoms with Crippen molar-refractivity contribution >= 4 is 65.6 Å². The van der Waals surface area contributed by atoms with E-state index in [4.69, 9.17) is 48.3 Å². The molecule has 0 aromatic carbocycles. The summed E-state index contributed by atoms with van der Waals surface area (Å²) >= 11 is 0. The number of likely N-dealkylation sites (tertiary alicyclic amines) is 4. The summed E-state index contributed by atoms with van der Waals surface area (Å²) in [7, 11) is 0. The van der Waals surface area contributed by atoms with Crippen LogP contribution < -0.4 is 16.0 Å². The van der Waals surface area contributed by atoms with Crippen molar-refractivity contribution in [1.29, 1.82) is 0 Å². The van der Waals surface area contributed by atoms with Crippen LogP contribution in [0.3, 0.4) is 0 Å². The standard InChI is InChI=1S/C24H24N8O3.2C24H25N7O3.2CH2O2/c33-23(21-7-6-20(35-21)16-11-26-27-12-16)28-19-15-32(29-22(19)18-5-1-2-8-25-18)17-13-31(14-17)24(34)30-9-3-4-10-30;2*1-24(2,3)23(33)30-12-16(13-30)31-14-18(21(29-31)17-6-4-5-9-25-17)28-22(32)20-8-7-19(34-20)15-10-26-27-11-15;2*2-1-3/h1-2,5-8,11-12,15,17H,3-4,9-10,13-14H2,(H,26,27)(H,28,33);2*4-11,14,16H,12-13H2,1-3H3,(H,26,27)(H,28,32);2*1H,(H,2,3). The largest absolute Gasteiger partial charge is 0.483 e. The fourth-order valence-corrected chi connectivity index (χ4v) is 12.1. The second-order valence-electron chi connectivity index (χ2n) is 27.5. The number of rotatable bonds is 15. The van der Waals surface area contributed by atoms with E-state index >= 15 is 0 Å². The zero-order valence-corrected chi connectivity index (χ0v) is 60.1. The number of aromatic amines is 3. The summed E-state index contributed by atoms with van der Waals surface area (Å²) in [5, 5.41) is 56.5. The van der Waals surface area contributed by atoms with Gasteiger partial charge in [0.25, 0.3) is 30.7 Å². The van der Waals surface area contributed by atoms with Crippen molar-refractivity contribution in [3.8, 4) is 68.1 Å². The first-order valence-corrected chi connectivity index (χ1v) is 34.6. The van der Waals surface area contributed by atoms with Crippen LogP contribution in [-0.4, -0.2) is 206 Å². The van der Waals surface area contributed by atoms with Crippen LogP contribution >= 0.6 is 0 Å². The first-order valence-electron chi connectivity index (χ1n) is 34.6. The molecular weight excluding hydrogens is 1400 g/mol. The van der Waals surface area contributed by atoms with Crippen molar-refractivity contribution < 1.29 is 61.8 Å². The highest BCUT2D eigenvalue weighted by molar-refractivity contribution is 6.06. The van der Waals surface area contributed by atoms with Gasteiger partial charge in [-0.25, -0.2) is 4.79 Å². The van der Waals surface area contributed by atoms with Gasteiger partial charge in [0.15, 0.2) is 17.3 Å². The molecule has 0 atom stereocenters. The van der Waals surface area contributed by atoms with E-state index in [1.165, 1.54) is 0 Å². The van der Waals surface area contributed by atoms with Crippen molar-refractivity contribution in [2.45, 2.75) is 72.5 Å². The Balaban J connectivity index is 0.000000147. The number of urea groups is 1. The molecule has 4 aliphatic heterocycles. The lowest BCUT2D eigenvalue weighted by atomic mass is 9.92. The van der Waals surface area contributed by atoms with E-state index in [-0.39, 0.29) is 66.2 Å². The van der Waals surface area contributed by atoms with E-state index in [0.717, 1.165) is 42.6 Å². The summed E-state index contributed by atoms with van der Waals surface area (Å²) in [5.74, 6) is 1.17. The monoisotopic (exact) mass is 1480 g/mol. The van der Waals surface area contributed by atoms with E-state index < -0.39 is 28.6 Å². The molecule has 0 radical (unpaired) electrons. The average molecular weight is 1480 g/mol. The first kappa shape index (κ1) is 74.8. The number of carbonyl (C=O) groups excluding carboxylic acids is 6. The van der Waals surface area contributed by atoms with E-state index in [2.05, 4.69) is 61.5 Å². The number of furan rings is 3. The molecule has 562 valence electrons. The molecule has 35 nitrogen and oxygen atoms in total. The zero-order valence-electron chi connectivity index (χ0n) is 60.1. The number of pyridine rings is 3. The van der Waals surface area contributed by atoms with Gasteiger partial charge in [-0.1, -0.05) is 59.7 Å². The van der Waals surface area contributed by atoms with Crippen LogP contribution in [0, 0.1) is 10.8 Å². The maximum absolute atomic E-state index is 13.0. The lowest BCUT2D eigenvalue weighted by Crippen LogP contribution is -2.54. The molecule has 12 aromatic rings. The summed E-state index contributed by atoms with van der Waals surface area (Å²) in [5.41, 5.74) is 6.55. The predicted molar refractivity (Wildman–Crippen MR) is 393 cm³/mol. The van der Waals surface area contributed by atoms with E-state index in [1.54, 1.807) is 120 Å². The number of aromatic nitrogens is 15. The van der Waals surface area contributed by atoms with Gasteiger partial charge in [0.1, 0.15) is 34.4 Å². The molecule has 109 heavy (non-hydrogen) atoms. The third kappa shape index (κ3) is 17.6. The van der Waals surface area contributed by atoms with Crippen LogP contribution in [0.4, 0.5) is 21.9 Å². The molecule has 0 aliphatic carbocycles. The molecule has 35 heteroatoms. The Labute approximate surface area is 621 Å². The van der Waals surface area contributed by atoms with Crippen LogP contribution in [0.2, 0.25) is 0 Å². The third-order valence-corrected chi connectivity index (χ3v) is 17.7. The predicted octanol–water partition coefficient (Wildman–Crippen LogP) is 9.87. The number of carboxylic acid groups (broad SMARTS) is 2. The highest BCUT2D eigenvalue weighted by Crippen LogP contribution is 2.37. The van der Waals surface area contributed by atoms with Gasteiger partial charge in [-0.3, -0.25) is 77.9 Å². The average Bonchev–Trinajstić information content (AvgIpc) is 1.69. The van der Waals surface area contributed by atoms with Gasteiger partial charge in [0.2, 0.25) is 11.8 Å². The normalized spacial score (nSPS) is 14.1. The molecule has 12 aromatic heterocycles. The van der Waals surface area contributed by atoms with Gasteiger partial charge in [-0.15, -0.1) is 0 Å². The number of nitrogens with one attached hydrogen (secondary N) is 6. The van der Waals surface area contributed by atoms with Gasteiger partial charge in [0.05, 0.1) is 87.6 Å². The first-order chi connectivity index (χ1) is 52.6. The van der Waals surface area contributed by atoms with Crippen LogP contribution in [-0.2, 0) is 19.2 Å².